The standard InChI is InChI=1S/C17H20N2O2S/c1-11(20)21-15-6-4-5-14-16(15)22-17(18-14)12-7-9-13(10-8-12)19(2)3/h7-10,15H,4-6H2,1-3H3. The van der Waals surface area contributed by atoms with E-state index in [4.69, 9.17) is 9.72 Å². The van der Waals surface area contributed by atoms with Crippen molar-refractivity contribution in [1.82, 2.24) is 4.98 Å². The van der Waals surface area contributed by atoms with E-state index in [1.165, 1.54) is 12.6 Å². The van der Waals surface area contributed by atoms with Crippen molar-refractivity contribution in [3.05, 3.63) is 34.8 Å². The Morgan fingerprint density at radius 3 is 2.68 bits per heavy atom. The SMILES string of the molecule is CC(=O)OC1CCCc2nc(-c3ccc(N(C)C)cc3)sc21. The van der Waals surface area contributed by atoms with E-state index in [9.17, 15) is 4.79 Å². The summed E-state index contributed by atoms with van der Waals surface area (Å²) >= 11 is 1.65. The highest BCUT2D eigenvalue weighted by Crippen LogP contribution is 2.40. The van der Waals surface area contributed by atoms with Gasteiger partial charge in [0.25, 0.3) is 0 Å². The number of thiazole rings is 1. The minimum atomic E-state index is -0.219. The van der Waals surface area contributed by atoms with Gasteiger partial charge in [-0.1, -0.05) is 0 Å². The van der Waals surface area contributed by atoms with E-state index in [2.05, 4.69) is 29.2 Å². The number of aryl methyl sites for hydroxylation is 1. The molecule has 1 aromatic heterocycles. The van der Waals surface area contributed by atoms with Gasteiger partial charge in [-0.15, -0.1) is 11.3 Å². The molecule has 22 heavy (non-hydrogen) atoms. The van der Waals surface area contributed by atoms with Crippen LogP contribution in [0.2, 0.25) is 0 Å². The zero-order valence-corrected chi connectivity index (χ0v) is 13.9. The highest BCUT2D eigenvalue weighted by atomic mass is 32.1. The van der Waals surface area contributed by atoms with Crippen LogP contribution in [0.3, 0.4) is 0 Å². The fourth-order valence-corrected chi connectivity index (χ4v) is 3.90. The summed E-state index contributed by atoms with van der Waals surface area (Å²) in [5.74, 6) is -0.219. The van der Waals surface area contributed by atoms with Crippen molar-refractivity contribution in [2.24, 2.45) is 0 Å². The second-order valence-electron chi connectivity index (χ2n) is 5.76. The van der Waals surface area contributed by atoms with Crippen molar-refractivity contribution in [3.63, 3.8) is 0 Å². The Kier molecular flexibility index (Phi) is 4.16. The Morgan fingerprint density at radius 2 is 2.05 bits per heavy atom. The molecule has 1 atom stereocenters. The quantitative estimate of drug-likeness (QED) is 0.807. The molecule has 4 nitrogen and oxygen atoms in total. The number of rotatable bonds is 3. The lowest BCUT2D eigenvalue weighted by Gasteiger charge is -2.20. The number of esters is 1. The number of carbonyl (C=O) groups is 1. The van der Waals surface area contributed by atoms with Gasteiger partial charge in [-0.3, -0.25) is 4.79 Å². The van der Waals surface area contributed by atoms with E-state index in [1.807, 2.05) is 14.1 Å². The van der Waals surface area contributed by atoms with Crippen molar-refractivity contribution in [1.29, 1.82) is 0 Å². The second kappa shape index (κ2) is 6.08. The summed E-state index contributed by atoms with van der Waals surface area (Å²) in [5.41, 5.74) is 3.38. The monoisotopic (exact) mass is 316 g/mol. The summed E-state index contributed by atoms with van der Waals surface area (Å²) in [6.45, 7) is 1.47. The molecule has 0 N–H and O–H groups in total. The topological polar surface area (TPSA) is 42.4 Å². The second-order valence-corrected chi connectivity index (χ2v) is 6.79. The zero-order valence-electron chi connectivity index (χ0n) is 13.1. The molecule has 1 unspecified atom stereocenters. The van der Waals surface area contributed by atoms with Crippen molar-refractivity contribution in [3.8, 4) is 10.6 Å². The molecule has 0 spiro atoms. The van der Waals surface area contributed by atoms with Crippen LogP contribution in [0, 0.1) is 0 Å². The first-order chi connectivity index (χ1) is 10.5. The maximum absolute atomic E-state index is 11.3. The summed E-state index contributed by atoms with van der Waals surface area (Å²) < 4.78 is 5.44. The van der Waals surface area contributed by atoms with Crippen LogP contribution in [-0.4, -0.2) is 25.0 Å². The first-order valence-corrected chi connectivity index (χ1v) is 8.31. The average molecular weight is 316 g/mol. The smallest absolute Gasteiger partial charge is 0.303 e. The number of aromatic nitrogens is 1. The van der Waals surface area contributed by atoms with E-state index in [1.54, 1.807) is 11.3 Å². The van der Waals surface area contributed by atoms with E-state index < -0.39 is 0 Å². The Balaban J connectivity index is 1.90. The molecule has 0 saturated heterocycles. The third-order valence-electron chi connectivity index (χ3n) is 3.84. The summed E-state index contributed by atoms with van der Waals surface area (Å²) in [4.78, 5) is 19.2. The molecule has 0 fully saturated rings. The number of benzene rings is 1. The summed E-state index contributed by atoms with van der Waals surface area (Å²) in [6.07, 6.45) is 2.77. The molecule has 1 aromatic carbocycles. The van der Waals surface area contributed by atoms with E-state index in [-0.39, 0.29) is 12.1 Å². The van der Waals surface area contributed by atoms with Gasteiger partial charge >= 0.3 is 5.97 Å². The number of anilines is 1. The normalized spacial score (nSPS) is 17.0. The van der Waals surface area contributed by atoms with Crippen LogP contribution in [0.15, 0.2) is 24.3 Å². The first-order valence-electron chi connectivity index (χ1n) is 7.49. The molecule has 1 aliphatic rings. The lowest BCUT2D eigenvalue weighted by molar-refractivity contribution is -0.147. The molecule has 0 amide bonds. The number of hydrogen-bond acceptors (Lipinski definition) is 5. The van der Waals surface area contributed by atoms with Crippen LogP contribution in [0.1, 0.15) is 36.4 Å². The molecule has 1 heterocycles. The number of hydrogen-bond donors (Lipinski definition) is 0. The molecule has 5 heteroatoms. The minimum absolute atomic E-state index is 0.117. The van der Waals surface area contributed by atoms with E-state index in [0.29, 0.717) is 0 Å². The van der Waals surface area contributed by atoms with Gasteiger partial charge in [-0.2, -0.15) is 0 Å². The van der Waals surface area contributed by atoms with E-state index in [0.717, 1.165) is 40.4 Å². The molecule has 2 aromatic rings. The fraction of sp³-hybridized carbons (Fsp3) is 0.412. The number of fused-ring (bicyclic) bond motifs is 1. The van der Waals surface area contributed by atoms with Crippen molar-refractivity contribution < 1.29 is 9.53 Å². The Bertz CT molecular complexity index is 676. The highest BCUT2D eigenvalue weighted by Gasteiger charge is 2.27. The molecule has 3 rings (SSSR count). The summed E-state index contributed by atoms with van der Waals surface area (Å²) in [5, 5.41) is 1.01. The average Bonchev–Trinajstić information content (AvgIpc) is 2.92. The van der Waals surface area contributed by atoms with Gasteiger partial charge in [-0.05, 0) is 43.5 Å². The fourth-order valence-electron chi connectivity index (χ4n) is 2.72. The van der Waals surface area contributed by atoms with Crippen molar-refractivity contribution in [2.45, 2.75) is 32.3 Å². The van der Waals surface area contributed by atoms with Crippen LogP contribution in [0.4, 0.5) is 5.69 Å². The Morgan fingerprint density at radius 1 is 1.32 bits per heavy atom. The maximum atomic E-state index is 11.3. The van der Waals surface area contributed by atoms with Gasteiger partial charge in [0.1, 0.15) is 11.1 Å². The zero-order chi connectivity index (χ0) is 15.7. The van der Waals surface area contributed by atoms with Crippen LogP contribution in [-0.2, 0) is 16.0 Å². The first kappa shape index (κ1) is 15.0. The number of ether oxygens (including phenoxy) is 1. The molecule has 0 aliphatic heterocycles. The van der Waals surface area contributed by atoms with Gasteiger partial charge in [0.2, 0.25) is 0 Å². The van der Waals surface area contributed by atoms with Gasteiger partial charge in [0, 0.05) is 32.3 Å². The molecular weight excluding hydrogens is 296 g/mol. The number of carbonyl (C=O) groups excluding carboxylic acids is 1. The lowest BCUT2D eigenvalue weighted by atomic mass is 10.0. The van der Waals surface area contributed by atoms with Crippen LogP contribution >= 0.6 is 11.3 Å². The van der Waals surface area contributed by atoms with Crippen LogP contribution < -0.4 is 4.90 Å². The molecule has 116 valence electrons. The van der Waals surface area contributed by atoms with Crippen LogP contribution in [0.25, 0.3) is 10.6 Å². The van der Waals surface area contributed by atoms with Crippen molar-refractivity contribution in [2.75, 3.05) is 19.0 Å². The maximum Gasteiger partial charge on any atom is 0.303 e. The third kappa shape index (κ3) is 2.99. The van der Waals surface area contributed by atoms with Gasteiger partial charge in [0.05, 0.1) is 10.6 Å². The molecule has 0 saturated carbocycles. The van der Waals surface area contributed by atoms with Crippen molar-refractivity contribution >= 4 is 23.0 Å². The molecule has 0 radical (unpaired) electrons. The summed E-state index contributed by atoms with van der Waals surface area (Å²) in [6, 6.07) is 8.39. The van der Waals surface area contributed by atoms with Crippen LogP contribution in [0.5, 0.6) is 0 Å². The Labute approximate surface area is 134 Å². The van der Waals surface area contributed by atoms with E-state index >= 15 is 0 Å². The lowest BCUT2D eigenvalue weighted by Crippen LogP contribution is -2.13. The molecule has 1 aliphatic carbocycles. The van der Waals surface area contributed by atoms with Gasteiger partial charge in [0.15, 0.2) is 0 Å². The molecule has 0 bridgehead atoms. The summed E-state index contributed by atoms with van der Waals surface area (Å²) in [7, 11) is 4.06. The predicted molar refractivity (Wildman–Crippen MR) is 89.3 cm³/mol. The predicted octanol–water partition coefficient (Wildman–Crippen LogP) is 3.82. The van der Waals surface area contributed by atoms with Gasteiger partial charge < -0.3 is 9.64 Å². The largest absolute Gasteiger partial charge is 0.457 e. The third-order valence-corrected chi connectivity index (χ3v) is 5.08. The Hall–Kier alpha value is -1.88. The number of nitrogens with zero attached hydrogens (tertiary/aromatic N) is 2. The molecular formula is C17H20N2O2S. The van der Waals surface area contributed by atoms with Gasteiger partial charge in [-0.25, -0.2) is 4.98 Å². The minimum Gasteiger partial charge on any atom is -0.457 e. The highest BCUT2D eigenvalue weighted by molar-refractivity contribution is 7.15.